The molecule has 0 radical (unpaired) electrons. The predicted octanol–water partition coefficient (Wildman–Crippen LogP) is 2.00. The molecule has 1 saturated heterocycles. The van der Waals surface area contributed by atoms with Gasteiger partial charge in [0.05, 0.1) is 22.8 Å². The number of nitrogens with zero attached hydrogens (tertiary/aromatic N) is 4. The molecule has 5 heteroatoms. The van der Waals surface area contributed by atoms with E-state index < -0.39 is 0 Å². The second-order valence-corrected chi connectivity index (χ2v) is 5.64. The van der Waals surface area contributed by atoms with Crippen molar-refractivity contribution in [1.82, 2.24) is 14.9 Å². The zero-order valence-electron chi connectivity index (χ0n) is 12.7. The molecular formula is C16H20N4O. The summed E-state index contributed by atoms with van der Waals surface area (Å²) in [4.78, 5) is 24.9. The third-order valence-electron chi connectivity index (χ3n) is 4.23. The molecule has 0 bridgehead atoms. The molecule has 21 heavy (non-hydrogen) atoms. The molecule has 1 aromatic carbocycles. The van der Waals surface area contributed by atoms with E-state index in [1.807, 2.05) is 43.1 Å². The largest absolute Gasteiger partial charge is 0.353 e. The van der Waals surface area contributed by atoms with Crippen LogP contribution in [0.4, 0.5) is 5.82 Å². The third kappa shape index (κ3) is 2.55. The number of hydrogen-bond acceptors (Lipinski definition) is 4. The molecule has 1 aliphatic heterocycles. The lowest BCUT2D eigenvalue weighted by Gasteiger charge is -2.24. The average Bonchev–Trinajstić information content (AvgIpc) is 2.95. The Bertz CT molecular complexity index is 685. The summed E-state index contributed by atoms with van der Waals surface area (Å²) in [5.74, 6) is 1.05. The summed E-state index contributed by atoms with van der Waals surface area (Å²) in [5.41, 5.74) is 2.79. The molecule has 1 aliphatic rings. The Kier molecular flexibility index (Phi) is 3.49. The van der Waals surface area contributed by atoms with Gasteiger partial charge < -0.3 is 9.80 Å². The number of aromatic nitrogens is 2. The van der Waals surface area contributed by atoms with E-state index in [0.717, 1.165) is 42.1 Å². The molecule has 110 valence electrons. The number of rotatable bonds is 2. The fourth-order valence-corrected chi connectivity index (χ4v) is 2.89. The van der Waals surface area contributed by atoms with Crippen LogP contribution in [-0.4, -0.2) is 47.0 Å². The molecule has 3 rings (SSSR count). The van der Waals surface area contributed by atoms with Crippen LogP contribution in [0.2, 0.25) is 0 Å². The van der Waals surface area contributed by atoms with Crippen molar-refractivity contribution in [3.63, 3.8) is 0 Å². The fourth-order valence-electron chi connectivity index (χ4n) is 2.89. The lowest BCUT2D eigenvalue weighted by Crippen LogP contribution is -2.37. The van der Waals surface area contributed by atoms with Crippen LogP contribution in [-0.2, 0) is 4.79 Å². The topological polar surface area (TPSA) is 49.3 Å². The SMILES string of the molecule is CC(=O)N(C)C1CCN(c2nc3ccccc3nc2C)C1. The molecule has 0 spiro atoms. The van der Waals surface area contributed by atoms with Crippen molar-refractivity contribution in [2.75, 3.05) is 25.0 Å². The minimum Gasteiger partial charge on any atom is -0.353 e. The van der Waals surface area contributed by atoms with E-state index in [4.69, 9.17) is 4.98 Å². The first-order chi connectivity index (χ1) is 10.1. The van der Waals surface area contributed by atoms with E-state index in [1.54, 1.807) is 6.92 Å². The van der Waals surface area contributed by atoms with Crippen LogP contribution in [0, 0.1) is 6.92 Å². The summed E-state index contributed by atoms with van der Waals surface area (Å²) in [5, 5.41) is 0. The quantitative estimate of drug-likeness (QED) is 0.846. The van der Waals surface area contributed by atoms with Gasteiger partial charge in [0.15, 0.2) is 5.82 Å². The fraction of sp³-hybridized carbons (Fsp3) is 0.438. The summed E-state index contributed by atoms with van der Waals surface area (Å²) in [6.07, 6.45) is 0.976. The van der Waals surface area contributed by atoms with Gasteiger partial charge in [-0.2, -0.15) is 0 Å². The molecule has 1 atom stereocenters. The van der Waals surface area contributed by atoms with Gasteiger partial charge in [-0.1, -0.05) is 12.1 Å². The number of amides is 1. The van der Waals surface area contributed by atoms with Crippen LogP contribution in [0.25, 0.3) is 11.0 Å². The molecule has 0 N–H and O–H groups in total. The van der Waals surface area contributed by atoms with E-state index in [1.165, 1.54) is 0 Å². The number of carbonyl (C=O) groups is 1. The summed E-state index contributed by atoms with van der Waals surface area (Å²) >= 11 is 0. The Morgan fingerprint density at radius 2 is 1.95 bits per heavy atom. The van der Waals surface area contributed by atoms with Gasteiger partial charge in [-0.05, 0) is 25.5 Å². The molecule has 0 aliphatic carbocycles. The molecule has 2 heterocycles. The molecular weight excluding hydrogens is 264 g/mol. The Labute approximate surface area is 124 Å². The van der Waals surface area contributed by atoms with Crippen LogP contribution >= 0.6 is 0 Å². The number of anilines is 1. The van der Waals surface area contributed by atoms with E-state index in [-0.39, 0.29) is 11.9 Å². The number of carbonyl (C=O) groups excluding carboxylic acids is 1. The first kappa shape index (κ1) is 13.8. The second kappa shape index (κ2) is 5.31. The molecule has 1 aromatic heterocycles. The number of likely N-dealkylation sites (N-methyl/N-ethyl adjacent to an activating group) is 1. The normalized spacial score (nSPS) is 18.2. The van der Waals surface area contributed by atoms with Crippen molar-refractivity contribution in [2.24, 2.45) is 0 Å². The van der Waals surface area contributed by atoms with Gasteiger partial charge >= 0.3 is 0 Å². The standard InChI is InChI=1S/C16H20N4O/c1-11-16(18-15-7-5-4-6-14(15)17-11)20-9-8-13(10-20)19(3)12(2)21/h4-7,13H,8-10H2,1-3H3. The van der Waals surface area contributed by atoms with Crippen LogP contribution in [0.1, 0.15) is 19.0 Å². The lowest BCUT2D eigenvalue weighted by atomic mass is 10.2. The monoisotopic (exact) mass is 284 g/mol. The van der Waals surface area contributed by atoms with Gasteiger partial charge in [0.2, 0.25) is 5.91 Å². The maximum atomic E-state index is 11.5. The maximum Gasteiger partial charge on any atom is 0.219 e. The zero-order valence-corrected chi connectivity index (χ0v) is 12.7. The van der Waals surface area contributed by atoms with Crippen LogP contribution in [0.3, 0.4) is 0 Å². The highest BCUT2D eigenvalue weighted by molar-refractivity contribution is 5.76. The van der Waals surface area contributed by atoms with Gasteiger partial charge in [-0.15, -0.1) is 0 Å². The Balaban J connectivity index is 1.88. The second-order valence-electron chi connectivity index (χ2n) is 5.64. The summed E-state index contributed by atoms with van der Waals surface area (Å²) in [6.45, 7) is 5.35. The van der Waals surface area contributed by atoms with Gasteiger partial charge in [0.1, 0.15) is 0 Å². The molecule has 0 saturated carbocycles. The van der Waals surface area contributed by atoms with E-state index in [2.05, 4.69) is 9.88 Å². The first-order valence-electron chi connectivity index (χ1n) is 7.28. The zero-order chi connectivity index (χ0) is 15.0. The summed E-state index contributed by atoms with van der Waals surface area (Å²) in [6, 6.07) is 8.18. The average molecular weight is 284 g/mol. The Morgan fingerprint density at radius 1 is 1.29 bits per heavy atom. The highest BCUT2D eigenvalue weighted by Crippen LogP contribution is 2.25. The molecule has 1 amide bonds. The van der Waals surface area contributed by atoms with Crippen LogP contribution < -0.4 is 4.90 Å². The van der Waals surface area contributed by atoms with E-state index in [0.29, 0.717) is 0 Å². The Morgan fingerprint density at radius 3 is 2.62 bits per heavy atom. The van der Waals surface area contributed by atoms with Gasteiger partial charge in [-0.3, -0.25) is 4.79 Å². The van der Waals surface area contributed by atoms with Gasteiger partial charge in [0.25, 0.3) is 0 Å². The summed E-state index contributed by atoms with van der Waals surface area (Å²) in [7, 11) is 1.87. The van der Waals surface area contributed by atoms with Crippen molar-refractivity contribution in [1.29, 1.82) is 0 Å². The smallest absolute Gasteiger partial charge is 0.219 e. The van der Waals surface area contributed by atoms with Crippen molar-refractivity contribution in [3.05, 3.63) is 30.0 Å². The number of para-hydroxylation sites is 2. The van der Waals surface area contributed by atoms with Crippen LogP contribution in [0.5, 0.6) is 0 Å². The van der Waals surface area contributed by atoms with Crippen molar-refractivity contribution >= 4 is 22.8 Å². The minimum absolute atomic E-state index is 0.114. The van der Waals surface area contributed by atoms with Crippen LogP contribution in [0.15, 0.2) is 24.3 Å². The molecule has 5 nitrogen and oxygen atoms in total. The number of aryl methyl sites for hydroxylation is 1. The maximum absolute atomic E-state index is 11.5. The lowest BCUT2D eigenvalue weighted by molar-refractivity contribution is -0.129. The van der Waals surface area contributed by atoms with Gasteiger partial charge in [0, 0.05) is 27.1 Å². The summed E-state index contributed by atoms with van der Waals surface area (Å²) < 4.78 is 0. The third-order valence-corrected chi connectivity index (χ3v) is 4.23. The minimum atomic E-state index is 0.114. The van der Waals surface area contributed by atoms with E-state index in [9.17, 15) is 4.79 Å². The molecule has 2 aromatic rings. The van der Waals surface area contributed by atoms with Crippen molar-refractivity contribution in [3.8, 4) is 0 Å². The first-order valence-corrected chi connectivity index (χ1v) is 7.28. The predicted molar refractivity (Wildman–Crippen MR) is 83.3 cm³/mol. The molecule has 1 fully saturated rings. The molecule has 1 unspecified atom stereocenters. The van der Waals surface area contributed by atoms with Crippen molar-refractivity contribution < 1.29 is 4.79 Å². The van der Waals surface area contributed by atoms with Gasteiger partial charge in [-0.25, -0.2) is 9.97 Å². The number of hydrogen-bond donors (Lipinski definition) is 0. The highest BCUT2D eigenvalue weighted by atomic mass is 16.2. The van der Waals surface area contributed by atoms with E-state index >= 15 is 0 Å². The number of fused-ring (bicyclic) bond motifs is 1. The number of benzene rings is 1. The Hall–Kier alpha value is -2.17. The highest BCUT2D eigenvalue weighted by Gasteiger charge is 2.28. The van der Waals surface area contributed by atoms with Crippen molar-refractivity contribution in [2.45, 2.75) is 26.3 Å².